The monoisotopic (exact) mass is 304 g/mol. The van der Waals surface area contributed by atoms with Gasteiger partial charge in [0.25, 0.3) is 0 Å². The Kier molecular flexibility index (Phi) is 2.81. The maximum atomic E-state index is 4.52. The minimum atomic E-state index is 0.390. The summed E-state index contributed by atoms with van der Waals surface area (Å²) in [6.45, 7) is 4.68. The van der Waals surface area contributed by atoms with E-state index in [0.717, 1.165) is 23.0 Å². The van der Waals surface area contributed by atoms with Crippen LogP contribution in [0, 0.1) is 5.41 Å². The molecule has 1 aromatic carbocycles. The molecule has 0 amide bonds. The van der Waals surface area contributed by atoms with Crippen molar-refractivity contribution in [2.45, 2.75) is 33.1 Å². The van der Waals surface area contributed by atoms with Crippen LogP contribution < -0.4 is 0 Å². The van der Waals surface area contributed by atoms with E-state index in [1.54, 1.807) is 0 Å². The van der Waals surface area contributed by atoms with Crippen molar-refractivity contribution in [2.24, 2.45) is 5.41 Å². The lowest BCUT2D eigenvalue weighted by Gasteiger charge is -2.29. The molecule has 1 aliphatic carbocycles. The quantitative estimate of drug-likeness (QED) is 0.833. The molecule has 0 spiro atoms. The van der Waals surface area contributed by atoms with Crippen LogP contribution >= 0.6 is 15.9 Å². The molecule has 0 unspecified atom stereocenters. The highest BCUT2D eigenvalue weighted by molar-refractivity contribution is 9.10. The van der Waals surface area contributed by atoms with Crippen molar-refractivity contribution in [3.63, 3.8) is 0 Å². The molecule has 3 heteroatoms. The molecule has 0 bridgehead atoms. The van der Waals surface area contributed by atoms with E-state index in [0.29, 0.717) is 5.41 Å². The Hall–Kier alpha value is -1.09. The van der Waals surface area contributed by atoms with Crippen LogP contribution in [-0.2, 0) is 12.8 Å². The largest absolute Gasteiger partial charge is 0.282 e. The van der Waals surface area contributed by atoms with Crippen molar-refractivity contribution in [3.05, 3.63) is 40.0 Å². The molecule has 2 aromatic rings. The average Bonchev–Trinajstić information content (AvgIpc) is 2.71. The van der Waals surface area contributed by atoms with E-state index in [1.807, 2.05) is 0 Å². The zero-order chi connectivity index (χ0) is 12.8. The van der Waals surface area contributed by atoms with Gasteiger partial charge < -0.3 is 0 Å². The number of aryl methyl sites for hydroxylation is 1. The fourth-order valence-corrected chi connectivity index (χ4v) is 2.94. The van der Waals surface area contributed by atoms with Gasteiger partial charge in [-0.15, -0.1) is 0 Å². The lowest BCUT2D eigenvalue weighted by Crippen LogP contribution is -2.21. The Morgan fingerprint density at radius 2 is 1.94 bits per heavy atom. The number of halogens is 1. The topological polar surface area (TPSA) is 28.7 Å². The minimum Gasteiger partial charge on any atom is -0.282 e. The summed E-state index contributed by atoms with van der Waals surface area (Å²) in [5.41, 5.74) is 5.46. The zero-order valence-electron chi connectivity index (χ0n) is 10.8. The molecule has 0 fully saturated rings. The second-order valence-corrected chi connectivity index (χ2v) is 6.79. The van der Waals surface area contributed by atoms with Gasteiger partial charge in [0.15, 0.2) is 0 Å². The Labute approximate surface area is 116 Å². The van der Waals surface area contributed by atoms with E-state index in [9.17, 15) is 0 Å². The highest BCUT2D eigenvalue weighted by Gasteiger charge is 2.29. The number of rotatable bonds is 1. The van der Waals surface area contributed by atoms with Gasteiger partial charge in [-0.25, -0.2) is 0 Å². The third-order valence-corrected chi connectivity index (χ3v) is 4.31. The van der Waals surface area contributed by atoms with Gasteiger partial charge in [-0.05, 0) is 36.8 Å². The summed E-state index contributed by atoms with van der Waals surface area (Å²) in [5, 5.41) is 7.74. The summed E-state index contributed by atoms with van der Waals surface area (Å²) in [6.07, 6.45) is 3.47. The molecule has 1 aromatic heterocycles. The first-order chi connectivity index (χ1) is 8.55. The Morgan fingerprint density at radius 3 is 2.67 bits per heavy atom. The number of nitrogens with zero attached hydrogens (tertiary/aromatic N) is 1. The molecule has 0 aliphatic heterocycles. The van der Waals surface area contributed by atoms with Gasteiger partial charge in [-0.3, -0.25) is 5.10 Å². The Morgan fingerprint density at radius 1 is 1.22 bits per heavy atom. The lowest BCUT2D eigenvalue weighted by molar-refractivity contribution is 0.314. The normalized spacial score (nSPS) is 17.5. The van der Waals surface area contributed by atoms with E-state index in [1.165, 1.54) is 23.2 Å². The first-order valence-electron chi connectivity index (χ1n) is 6.37. The average molecular weight is 305 g/mol. The van der Waals surface area contributed by atoms with Crippen LogP contribution in [0.15, 0.2) is 28.7 Å². The minimum absolute atomic E-state index is 0.390. The van der Waals surface area contributed by atoms with Crippen molar-refractivity contribution in [1.82, 2.24) is 10.2 Å². The van der Waals surface area contributed by atoms with Crippen molar-refractivity contribution in [3.8, 4) is 11.3 Å². The Balaban J connectivity index is 2.04. The first kappa shape index (κ1) is 12.0. The molecule has 0 saturated heterocycles. The van der Waals surface area contributed by atoms with Crippen LogP contribution in [-0.4, -0.2) is 10.2 Å². The molecule has 1 aliphatic rings. The molecule has 1 heterocycles. The number of nitrogens with one attached hydrogen (secondary N) is 1. The smallest absolute Gasteiger partial charge is 0.0955 e. The van der Waals surface area contributed by atoms with Crippen molar-refractivity contribution in [1.29, 1.82) is 0 Å². The summed E-state index contributed by atoms with van der Waals surface area (Å²) < 4.78 is 1.11. The highest BCUT2D eigenvalue weighted by atomic mass is 79.9. The maximum Gasteiger partial charge on any atom is 0.0955 e. The van der Waals surface area contributed by atoms with E-state index < -0.39 is 0 Å². The molecule has 3 rings (SSSR count). The van der Waals surface area contributed by atoms with Crippen LogP contribution in [0.25, 0.3) is 11.3 Å². The number of H-pyrrole nitrogens is 1. The van der Waals surface area contributed by atoms with Crippen LogP contribution in [0.5, 0.6) is 0 Å². The van der Waals surface area contributed by atoms with Gasteiger partial charge >= 0.3 is 0 Å². The molecule has 0 saturated carbocycles. The van der Waals surface area contributed by atoms with E-state index in [-0.39, 0.29) is 0 Å². The predicted octanol–water partition coefficient (Wildman–Crippen LogP) is 4.35. The van der Waals surface area contributed by atoms with Gasteiger partial charge in [0.05, 0.1) is 5.69 Å². The van der Waals surface area contributed by atoms with Gasteiger partial charge in [-0.1, -0.05) is 41.9 Å². The second-order valence-electron chi connectivity index (χ2n) is 5.88. The predicted molar refractivity (Wildman–Crippen MR) is 77.5 cm³/mol. The molecule has 2 nitrogen and oxygen atoms in total. The number of benzene rings is 1. The molecule has 1 N–H and O–H groups in total. The SMILES string of the molecule is CC1(C)CCc2[nH]nc(-c3ccc(Br)cc3)c2C1. The molecule has 0 atom stereocenters. The third-order valence-electron chi connectivity index (χ3n) is 3.78. The number of aromatic amines is 1. The van der Waals surface area contributed by atoms with E-state index in [4.69, 9.17) is 0 Å². The van der Waals surface area contributed by atoms with Crippen LogP contribution in [0.3, 0.4) is 0 Å². The molecule has 94 valence electrons. The van der Waals surface area contributed by atoms with E-state index >= 15 is 0 Å². The summed E-state index contributed by atoms with van der Waals surface area (Å²) >= 11 is 3.47. The lowest BCUT2D eigenvalue weighted by atomic mass is 9.75. The van der Waals surface area contributed by atoms with Gasteiger partial charge in [0.2, 0.25) is 0 Å². The second kappa shape index (κ2) is 4.23. The Bertz CT molecular complexity index is 567. The summed E-state index contributed by atoms with van der Waals surface area (Å²) in [7, 11) is 0. The van der Waals surface area contributed by atoms with Crippen molar-refractivity contribution >= 4 is 15.9 Å². The first-order valence-corrected chi connectivity index (χ1v) is 7.16. The standard InChI is InChI=1S/C15H17BrN2/c1-15(2)8-7-13-12(9-15)14(18-17-13)10-3-5-11(16)6-4-10/h3-6H,7-9H2,1-2H3,(H,17,18). The molecule has 0 radical (unpaired) electrons. The molecule has 18 heavy (non-hydrogen) atoms. The third kappa shape index (κ3) is 2.12. The van der Waals surface area contributed by atoms with Gasteiger partial charge in [-0.2, -0.15) is 5.10 Å². The van der Waals surface area contributed by atoms with Crippen molar-refractivity contribution in [2.75, 3.05) is 0 Å². The van der Waals surface area contributed by atoms with Crippen LogP contribution in [0.2, 0.25) is 0 Å². The number of hydrogen-bond acceptors (Lipinski definition) is 1. The molecular formula is C15H17BrN2. The fraction of sp³-hybridized carbons (Fsp3) is 0.400. The number of hydrogen-bond donors (Lipinski definition) is 1. The van der Waals surface area contributed by atoms with E-state index in [2.05, 4.69) is 64.2 Å². The van der Waals surface area contributed by atoms with Crippen molar-refractivity contribution < 1.29 is 0 Å². The zero-order valence-corrected chi connectivity index (χ0v) is 12.3. The fourth-order valence-electron chi connectivity index (χ4n) is 2.68. The van der Waals surface area contributed by atoms with Crippen LogP contribution in [0.1, 0.15) is 31.5 Å². The van der Waals surface area contributed by atoms with Gasteiger partial charge in [0, 0.05) is 21.3 Å². The highest BCUT2D eigenvalue weighted by Crippen LogP contribution is 2.38. The summed E-state index contributed by atoms with van der Waals surface area (Å²) in [6, 6.07) is 8.40. The molecular weight excluding hydrogens is 288 g/mol. The van der Waals surface area contributed by atoms with Crippen LogP contribution in [0.4, 0.5) is 0 Å². The maximum absolute atomic E-state index is 4.52. The number of fused-ring (bicyclic) bond motifs is 1. The summed E-state index contributed by atoms with van der Waals surface area (Å²) in [4.78, 5) is 0. The van der Waals surface area contributed by atoms with Gasteiger partial charge in [0.1, 0.15) is 0 Å². The number of aromatic nitrogens is 2. The summed E-state index contributed by atoms with van der Waals surface area (Å²) in [5.74, 6) is 0.